The molecule has 146 valence electrons. The van der Waals surface area contributed by atoms with Crippen LogP contribution in [-0.4, -0.2) is 38.9 Å². The van der Waals surface area contributed by atoms with Gasteiger partial charge >= 0.3 is 0 Å². The maximum Gasteiger partial charge on any atom is 0.264 e. The van der Waals surface area contributed by atoms with Crippen LogP contribution in [0.3, 0.4) is 0 Å². The number of nitrogens with zero attached hydrogens (tertiary/aromatic N) is 2. The predicted molar refractivity (Wildman–Crippen MR) is 110 cm³/mol. The first-order valence-corrected chi connectivity index (χ1v) is 10.7. The number of hydrogen-bond acceptors (Lipinski definition) is 3. The Hall–Kier alpha value is -2.05. The molecule has 0 aliphatic heterocycles. The SMILES string of the molecule is CCN(CC)C(=O)CN(c1ccc(Cl)cc1C)S(=O)(=O)c1ccc(C)cc1. The first-order valence-electron chi connectivity index (χ1n) is 8.84. The summed E-state index contributed by atoms with van der Waals surface area (Å²) in [6.07, 6.45) is 0. The number of rotatable bonds is 7. The van der Waals surface area contributed by atoms with Crippen molar-refractivity contribution in [2.45, 2.75) is 32.6 Å². The van der Waals surface area contributed by atoms with Gasteiger partial charge in [-0.3, -0.25) is 9.10 Å². The summed E-state index contributed by atoms with van der Waals surface area (Å²) >= 11 is 6.03. The Morgan fingerprint density at radius 3 is 2.11 bits per heavy atom. The number of likely N-dealkylation sites (N-methyl/N-ethyl adjacent to an activating group) is 1. The van der Waals surface area contributed by atoms with E-state index >= 15 is 0 Å². The number of benzene rings is 2. The lowest BCUT2D eigenvalue weighted by Gasteiger charge is -2.28. The molecule has 0 bridgehead atoms. The molecule has 0 N–H and O–H groups in total. The van der Waals surface area contributed by atoms with Gasteiger partial charge < -0.3 is 4.90 Å². The fourth-order valence-electron chi connectivity index (χ4n) is 2.83. The van der Waals surface area contributed by atoms with Gasteiger partial charge in [0.2, 0.25) is 5.91 Å². The molecular formula is C20H25ClN2O3S. The number of aryl methyl sites for hydroxylation is 2. The quantitative estimate of drug-likeness (QED) is 0.695. The number of halogens is 1. The standard InChI is InChI=1S/C20H25ClN2O3S/c1-5-22(6-2)20(24)14-23(19-12-9-17(21)13-16(19)4)27(25,26)18-10-7-15(3)8-11-18/h7-13H,5-6,14H2,1-4H3. The molecule has 5 nitrogen and oxygen atoms in total. The van der Waals surface area contributed by atoms with Crippen molar-refractivity contribution in [1.82, 2.24) is 4.90 Å². The second-order valence-corrected chi connectivity index (χ2v) is 8.62. The number of carbonyl (C=O) groups is 1. The number of hydrogen-bond donors (Lipinski definition) is 0. The van der Waals surface area contributed by atoms with Gasteiger partial charge in [0.05, 0.1) is 10.6 Å². The third kappa shape index (κ3) is 4.82. The highest BCUT2D eigenvalue weighted by molar-refractivity contribution is 7.92. The molecule has 0 saturated heterocycles. The fourth-order valence-corrected chi connectivity index (χ4v) is 4.54. The summed E-state index contributed by atoms with van der Waals surface area (Å²) in [6.45, 7) is 8.19. The van der Waals surface area contributed by atoms with Crippen LogP contribution in [0.5, 0.6) is 0 Å². The monoisotopic (exact) mass is 408 g/mol. The zero-order chi connectivity index (χ0) is 20.2. The highest BCUT2D eigenvalue weighted by Crippen LogP contribution is 2.29. The molecule has 2 aromatic rings. The molecule has 0 atom stereocenters. The summed E-state index contributed by atoms with van der Waals surface area (Å²) in [7, 11) is -3.91. The Morgan fingerprint density at radius 2 is 1.59 bits per heavy atom. The van der Waals surface area contributed by atoms with E-state index in [-0.39, 0.29) is 17.3 Å². The van der Waals surface area contributed by atoms with Crippen LogP contribution >= 0.6 is 11.6 Å². The average Bonchev–Trinajstić information content (AvgIpc) is 2.61. The van der Waals surface area contributed by atoms with Gasteiger partial charge in [-0.2, -0.15) is 0 Å². The molecule has 0 saturated carbocycles. The predicted octanol–water partition coefficient (Wildman–Crippen LogP) is 4.02. The first-order chi connectivity index (χ1) is 12.7. The second-order valence-electron chi connectivity index (χ2n) is 6.32. The molecule has 0 aliphatic rings. The van der Waals surface area contributed by atoms with Crippen molar-refractivity contribution in [2.24, 2.45) is 0 Å². The maximum absolute atomic E-state index is 13.3. The van der Waals surface area contributed by atoms with E-state index in [4.69, 9.17) is 11.6 Å². The Kier molecular flexibility index (Phi) is 6.89. The zero-order valence-electron chi connectivity index (χ0n) is 16.1. The average molecular weight is 409 g/mol. The van der Waals surface area contributed by atoms with Gasteiger partial charge in [-0.15, -0.1) is 0 Å². The lowest BCUT2D eigenvalue weighted by Crippen LogP contribution is -2.43. The molecule has 7 heteroatoms. The zero-order valence-corrected chi connectivity index (χ0v) is 17.6. The summed E-state index contributed by atoms with van der Waals surface area (Å²) in [4.78, 5) is 14.5. The number of sulfonamides is 1. The lowest BCUT2D eigenvalue weighted by molar-refractivity contribution is -0.129. The van der Waals surface area contributed by atoms with Crippen molar-refractivity contribution in [3.63, 3.8) is 0 Å². The van der Waals surface area contributed by atoms with E-state index in [1.165, 1.54) is 4.31 Å². The maximum atomic E-state index is 13.3. The molecule has 27 heavy (non-hydrogen) atoms. The molecule has 0 heterocycles. The summed E-state index contributed by atoms with van der Waals surface area (Å²) in [5.41, 5.74) is 2.09. The van der Waals surface area contributed by atoms with Crippen LogP contribution < -0.4 is 4.31 Å². The molecular weight excluding hydrogens is 384 g/mol. The highest BCUT2D eigenvalue weighted by atomic mass is 35.5. The lowest BCUT2D eigenvalue weighted by atomic mass is 10.2. The Morgan fingerprint density at radius 1 is 1.00 bits per heavy atom. The van der Waals surface area contributed by atoms with Crippen molar-refractivity contribution >= 4 is 33.2 Å². The largest absolute Gasteiger partial charge is 0.342 e. The van der Waals surface area contributed by atoms with Crippen LogP contribution in [0, 0.1) is 13.8 Å². The van der Waals surface area contributed by atoms with Crippen molar-refractivity contribution in [3.05, 3.63) is 58.6 Å². The van der Waals surface area contributed by atoms with Gasteiger partial charge in [-0.1, -0.05) is 29.3 Å². The molecule has 0 fully saturated rings. The number of anilines is 1. The smallest absolute Gasteiger partial charge is 0.264 e. The van der Waals surface area contributed by atoms with E-state index in [9.17, 15) is 13.2 Å². The van der Waals surface area contributed by atoms with Crippen molar-refractivity contribution < 1.29 is 13.2 Å². The molecule has 2 aromatic carbocycles. The molecule has 2 rings (SSSR count). The van der Waals surface area contributed by atoms with Crippen molar-refractivity contribution in [3.8, 4) is 0 Å². The van der Waals surface area contributed by atoms with E-state index < -0.39 is 10.0 Å². The normalized spacial score (nSPS) is 11.3. The minimum absolute atomic E-state index is 0.148. The number of carbonyl (C=O) groups excluding carboxylic acids is 1. The van der Waals surface area contributed by atoms with Gasteiger partial charge in [0.1, 0.15) is 6.54 Å². The Bertz CT molecular complexity index is 907. The topological polar surface area (TPSA) is 57.7 Å². The highest BCUT2D eigenvalue weighted by Gasteiger charge is 2.29. The third-order valence-corrected chi connectivity index (χ3v) is 6.44. The van der Waals surface area contributed by atoms with Crippen LogP contribution in [-0.2, 0) is 14.8 Å². The summed E-state index contributed by atoms with van der Waals surface area (Å²) in [5.74, 6) is -0.245. The molecule has 0 radical (unpaired) electrons. The van der Waals surface area contributed by atoms with Gasteiger partial charge in [0, 0.05) is 18.1 Å². The van der Waals surface area contributed by atoms with Gasteiger partial charge in [-0.25, -0.2) is 8.42 Å². The van der Waals surface area contributed by atoms with Crippen LogP contribution in [0.2, 0.25) is 5.02 Å². The van der Waals surface area contributed by atoms with Gasteiger partial charge in [0.25, 0.3) is 10.0 Å². The minimum Gasteiger partial charge on any atom is -0.342 e. The number of amides is 1. The molecule has 0 aromatic heterocycles. The van der Waals surface area contributed by atoms with E-state index in [0.29, 0.717) is 29.4 Å². The minimum atomic E-state index is -3.91. The van der Waals surface area contributed by atoms with Gasteiger partial charge in [0.15, 0.2) is 0 Å². The summed E-state index contributed by atoms with van der Waals surface area (Å²) < 4.78 is 27.8. The molecule has 0 unspecified atom stereocenters. The van der Waals surface area contributed by atoms with E-state index in [1.807, 2.05) is 20.8 Å². The van der Waals surface area contributed by atoms with E-state index in [2.05, 4.69) is 0 Å². The first kappa shape index (κ1) is 21.3. The van der Waals surface area contributed by atoms with E-state index in [1.54, 1.807) is 54.3 Å². The molecule has 0 spiro atoms. The van der Waals surface area contributed by atoms with Crippen molar-refractivity contribution in [1.29, 1.82) is 0 Å². The van der Waals surface area contributed by atoms with Gasteiger partial charge in [-0.05, 0) is 63.6 Å². The van der Waals surface area contributed by atoms with Crippen LogP contribution in [0.4, 0.5) is 5.69 Å². The van der Waals surface area contributed by atoms with Crippen molar-refractivity contribution in [2.75, 3.05) is 23.9 Å². The third-order valence-electron chi connectivity index (χ3n) is 4.43. The Balaban J connectivity index is 2.55. The fraction of sp³-hybridized carbons (Fsp3) is 0.350. The summed E-state index contributed by atoms with van der Waals surface area (Å²) in [5, 5.41) is 0.513. The van der Waals surface area contributed by atoms with Crippen LogP contribution in [0.1, 0.15) is 25.0 Å². The van der Waals surface area contributed by atoms with E-state index in [0.717, 1.165) is 5.56 Å². The summed E-state index contributed by atoms with van der Waals surface area (Å²) in [6, 6.07) is 11.6. The molecule has 0 aliphatic carbocycles. The Labute approximate surface area is 166 Å². The van der Waals surface area contributed by atoms with Crippen LogP contribution in [0.15, 0.2) is 47.4 Å². The van der Waals surface area contributed by atoms with Crippen LogP contribution in [0.25, 0.3) is 0 Å². The molecule has 1 amide bonds. The second kappa shape index (κ2) is 8.76.